The van der Waals surface area contributed by atoms with Crippen LogP contribution in [0.2, 0.25) is 0 Å². The van der Waals surface area contributed by atoms with Crippen molar-refractivity contribution < 1.29 is 59.1 Å². The van der Waals surface area contributed by atoms with Gasteiger partial charge in [-0.05, 0) is 13.3 Å². The SMILES string of the molecule is CCOC(=O)CCC1[C@@H](O)C(O)C2[C@@H](OC3C(O)[C@H](O)C(CO)O[C@@H]3OCCBr)OC21O. The molecule has 3 rings (SSSR count). The summed E-state index contributed by atoms with van der Waals surface area (Å²) >= 11 is 3.20. The van der Waals surface area contributed by atoms with E-state index in [2.05, 4.69) is 15.9 Å². The van der Waals surface area contributed by atoms with Crippen LogP contribution in [0.1, 0.15) is 19.8 Å². The molecule has 0 radical (unpaired) electrons. The molecule has 0 bridgehead atoms. The minimum Gasteiger partial charge on any atom is -0.466 e. The second-order valence-corrected chi connectivity index (χ2v) is 8.86. The maximum absolute atomic E-state index is 11.7. The van der Waals surface area contributed by atoms with Gasteiger partial charge in [0.1, 0.15) is 24.4 Å². The summed E-state index contributed by atoms with van der Waals surface area (Å²) < 4.78 is 27.0. The first-order chi connectivity index (χ1) is 15.2. The van der Waals surface area contributed by atoms with Crippen molar-refractivity contribution in [3.8, 4) is 0 Å². The molecular weight excluding hydrogens is 500 g/mol. The highest BCUT2D eigenvalue weighted by atomic mass is 79.9. The largest absolute Gasteiger partial charge is 0.466 e. The molecule has 32 heavy (non-hydrogen) atoms. The standard InChI is InChI=1S/C19H31BrO12/c1-2-28-10(22)4-3-8-12(23)14(25)11-17(32-19(8,11)27)31-16-15(26)13(24)9(7-21)30-18(16)29-6-5-20/h8-9,11-18,21,23-27H,2-7H2,1H3/t8?,9?,11?,12-,13-,14?,15?,16?,17+,18+,19?/m1/s1. The van der Waals surface area contributed by atoms with Crippen LogP contribution in [-0.4, -0.2) is 117 Å². The molecule has 12 nitrogen and oxygen atoms in total. The Morgan fingerprint density at radius 1 is 1.09 bits per heavy atom. The molecule has 2 heterocycles. The summed E-state index contributed by atoms with van der Waals surface area (Å²) in [7, 11) is 0. The Balaban J connectivity index is 1.68. The van der Waals surface area contributed by atoms with Gasteiger partial charge in [0.15, 0.2) is 18.4 Å². The predicted octanol–water partition coefficient (Wildman–Crippen LogP) is -2.42. The molecule has 1 aliphatic carbocycles. The lowest BCUT2D eigenvalue weighted by atomic mass is 9.86. The van der Waals surface area contributed by atoms with E-state index in [0.29, 0.717) is 5.33 Å². The van der Waals surface area contributed by atoms with E-state index in [4.69, 9.17) is 23.7 Å². The van der Waals surface area contributed by atoms with Gasteiger partial charge in [-0.2, -0.15) is 0 Å². The molecule has 0 aromatic heterocycles. The molecule has 0 aromatic carbocycles. The third-order valence-electron chi connectivity index (χ3n) is 6.18. The molecule has 2 saturated heterocycles. The van der Waals surface area contributed by atoms with Crippen molar-refractivity contribution in [1.29, 1.82) is 0 Å². The second kappa shape index (κ2) is 10.9. The van der Waals surface area contributed by atoms with Crippen LogP contribution in [-0.2, 0) is 28.5 Å². The Morgan fingerprint density at radius 3 is 2.44 bits per heavy atom. The van der Waals surface area contributed by atoms with Crippen LogP contribution >= 0.6 is 15.9 Å². The zero-order valence-corrected chi connectivity index (χ0v) is 19.1. The third kappa shape index (κ3) is 4.84. The highest BCUT2D eigenvalue weighted by molar-refractivity contribution is 9.09. The van der Waals surface area contributed by atoms with Crippen molar-refractivity contribution in [3.05, 3.63) is 0 Å². The summed E-state index contributed by atoms with van der Waals surface area (Å²) in [4.78, 5) is 11.7. The van der Waals surface area contributed by atoms with Gasteiger partial charge < -0.3 is 54.3 Å². The number of aliphatic hydroxyl groups excluding tert-OH is 5. The molecule has 7 unspecified atom stereocenters. The van der Waals surface area contributed by atoms with Crippen LogP contribution in [0, 0.1) is 11.8 Å². The Labute approximate surface area is 193 Å². The van der Waals surface area contributed by atoms with Crippen LogP contribution < -0.4 is 0 Å². The first kappa shape index (κ1) is 26.2. The lowest BCUT2D eigenvalue weighted by Crippen LogP contribution is -2.67. The first-order valence-corrected chi connectivity index (χ1v) is 11.7. The first-order valence-electron chi connectivity index (χ1n) is 10.6. The summed E-state index contributed by atoms with van der Waals surface area (Å²) in [5.41, 5.74) is 0. The number of esters is 1. The minimum atomic E-state index is -1.95. The highest BCUT2D eigenvalue weighted by Crippen LogP contribution is 2.55. The normalized spacial score (nSPS) is 45.9. The maximum Gasteiger partial charge on any atom is 0.305 e. The number of carbonyl (C=O) groups excluding carboxylic acids is 1. The fraction of sp³-hybridized carbons (Fsp3) is 0.947. The summed E-state index contributed by atoms with van der Waals surface area (Å²) in [5.74, 6) is -4.50. The van der Waals surface area contributed by atoms with Gasteiger partial charge in [0.2, 0.25) is 0 Å². The third-order valence-corrected chi connectivity index (χ3v) is 6.50. The second-order valence-electron chi connectivity index (χ2n) is 8.06. The van der Waals surface area contributed by atoms with E-state index in [1.165, 1.54) is 0 Å². The number of alkyl halides is 1. The van der Waals surface area contributed by atoms with E-state index >= 15 is 0 Å². The van der Waals surface area contributed by atoms with Gasteiger partial charge in [0, 0.05) is 17.7 Å². The molecule has 13 heteroatoms. The fourth-order valence-electron chi connectivity index (χ4n) is 4.54. The number of rotatable bonds is 10. The average Bonchev–Trinajstić information content (AvgIpc) is 2.89. The van der Waals surface area contributed by atoms with Crippen LogP contribution in [0.25, 0.3) is 0 Å². The molecule has 0 amide bonds. The Bertz CT molecular complexity index is 639. The summed E-state index contributed by atoms with van der Waals surface area (Å²) in [5, 5.41) is 62.3. The summed E-state index contributed by atoms with van der Waals surface area (Å²) in [6, 6.07) is 0. The van der Waals surface area contributed by atoms with Crippen LogP contribution in [0.4, 0.5) is 0 Å². The number of carbonyl (C=O) groups is 1. The van der Waals surface area contributed by atoms with Crippen molar-refractivity contribution in [2.45, 2.75) is 74.8 Å². The quantitative estimate of drug-likeness (QED) is 0.130. The monoisotopic (exact) mass is 530 g/mol. The van der Waals surface area contributed by atoms with Gasteiger partial charge >= 0.3 is 5.97 Å². The van der Waals surface area contributed by atoms with Crippen molar-refractivity contribution in [3.63, 3.8) is 0 Å². The fourth-order valence-corrected chi connectivity index (χ4v) is 4.73. The topological polar surface area (TPSA) is 185 Å². The van der Waals surface area contributed by atoms with E-state index in [1.54, 1.807) is 6.92 Å². The van der Waals surface area contributed by atoms with Crippen molar-refractivity contribution in [2.24, 2.45) is 11.8 Å². The van der Waals surface area contributed by atoms with Gasteiger partial charge in [0.05, 0.1) is 37.9 Å². The Hall–Kier alpha value is -0.450. The number of aliphatic hydroxyl groups is 6. The van der Waals surface area contributed by atoms with Crippen LogP contribution in [0.3, 0.4) is 0 Å². The zero-order chi connectivity index (χ0) is 23.6. The molecule has 1 saturated carbocycles. The minimum absolute atomic E-state index is 0.0137. The molecular formula is C19H31BrO12. The number of hydrogen-bond acceptors (Lipinski definition) is 12. The lowest BCUT2D eigenvalue weighted by molar-refractivity contribution is -0.459. The molecule has 6 N–H and O–H groups in total. The highest BCUT2D eigenvalue weighted by Gasteiger charge is 2.71. The Morgan fingerprint density at radius 2 is 1.81 bits per heavy atom. The van der Waals surface area contributed by atoms with Gasteiger partial charge in [-0.25, -0.2) is 0 Å². The van der Waals surface area contributed by atoms with Gasteiger partial charge in [0.25, 0.3) is 0 Å². The van der Waals surface area contributed by atoms with Gasteiger partial charge in [-0.15, -0.1) is 0 Å². The van der Waals surface area contributed by atoms with Crippen LogP contribution in [0.15, 0.2) is 0 Å². The average molecular weight is 531 g/mol. The van der Waals surface area contributed by atoms with Gasteiger partial charge in [-0.1, -0.05) is 15.9 Å². The molecule has 2 aliphatic heterocycles. The smallest absolute Gasteiger partial charge is 0.305 e. The van der Waals surface area contributed by atoms with Crippen molar-refractivity contribution >= 4 is 21.9 Å². The lowest BCUT2D eigenvalue weighted by Gasteiger charge is -2.52. The van der Waals surface area contributed by atoms with E-state index in [-0.39, 0.29) is 26.1 Å². The zero-order valence-electron chi connectivity index (χ0n) is 17.5. The number of halogens is 1. The van der Waals surface area contributed by atoms with Crippen LogP contribution in [0.5, 0.6) is 0 Å². The molecule has 0 spiro atoms. The van der Waals surface area contributed by atoms with Crippen molar-refractivity contribution in [2.75, 3.05) is 25.2 Å². The molecule has 3 fully saturated rings. The van der Waals surface area contributed by atoms with E-state index in [0.717, 1.165) is 0 Å². The van der Waals surface area contributed by atoms with E-state index in [1.807, 2.05) is 0 Å². The maximum atomic E-state index is 11.7. The number of fused-ring (bicyclic) bond motifs is 1. The Kier molecular flexibility index (Phi) is 8.88. The molecule has 11 atom stereocenters. The van der Waals surface area contributed by atoms with Crippen molar-refractivity contribution in [1.82, 2.24) is 0 Å². The van der Waals surface area contributed by atoms with Gasteiger partial charge in [-0.3, -0.25) is 4.79 Å². The molecule has 186 valence electrons. The number of hydrogen-bond donors (Lipinski definition) is 6. The summed E-state index contributed by atoms with van der Waals surface area (Å²) in [6.07, 6.45) is -10.7. The number of ether oxygens (including phenoxy) is 5. The molecule has 3 aliphatic rings. The predicted molar refractivity (Wildman–Crippen MR) is 107 cm³/mol. The van der Waals surface area contributed by atoms with E-state index < -0.39 is 79.4 Å². The molecule has 0 aromatic rings. The summed E-state index contributed by atoms with van der Waals surface area (Å²) in [6.45, 7) is 1.46. The van der Waals surface area contributed by atoms with E-state index in [9.17, 15) is 35.4 Å².